The van der Waals surface area contributed by atoms with Gasteiger partial charge in [-0.05, 0) is 18.2 Å². The summed E-state index contributed by atoms with van der Waals surface area (Å²) in [4.78, 5) is 29.5. The first-order valence-corrected chi connectivity index (χ1v) is 7.37. The van der Waals surface area contributed by atoms with E-state index in [9.17, 15) is 14.0 Å². The monoisotopic (exact) mass is 329 g/mol. The molecule has 24 heavy (non-hydrogen) atoms. The van der Waals surface area contributed by atoms with E-state index in [-0.39, 0.29) is 24.8 Å². The maximum Gasteiger partial charge on any atom is 0.239 e. The van der Waals surface area contributed by atoms with Crippen LogP contribution in [0.4, 0.5) is 10.1 Å². The van der Waals surface area contributed by atoms with E-state index in [2.05, 4.69) is 10.3 Å². The summed E-state index contributed by atoms with van der Waals surface area (Å²) < 4.78 is 18.6. The van der Waals surface area contributed by atoms with Crippen molar-refractivity contribution >= 4 is 17.5 Å². The molecule has 0 unspecified atom stereocenters. The van der Waals surface area contributed by atoms with Gasteiger partial charge in [-0.15, -0.1) is 0 Å². The average Bonchev–Trinajstić information content (AvgIpc) is 2.89. The number of halogens is 1. The molecule has 0 spiro atoms. The first kappa shape index (κ1) is 15.9. The molecule has 0 saturated carbocycles. The van der Waals surface area contributed by atoms with Gasteiger partial charge in [0.25, 0.3) is 0 Å². The predicted octanol–water partition coefficient (Wildman–Crippen LogP) is 1.53. The van der Waals surface area contributed by atoms with Crippen LogP contribution in [0, 0.1) is 5.82 Å². The lowest BCUT2D eigenvalue weighted by atomic mass is 10.1. The van der Waals surface area contributed by atoms with Gasteiger partial charge in [-0.25, -0.2) is 4.39 Å². The molecule has 0 aliphatic carbocycles. The van der Waals surface area contributed by atoms with Crippen LogP contribution in [-0.2, 0) is 16.0 Å². The lowest BCUT2D eigenvalue weighted by molar-refractivity contribution is -0.122. The second kappa shape index (κ2) is 6.27. The summed E-state index contributed by atoms with van der Waals surface area (Å²) in [6.45, 7) is -0.0615. The SMILES string of the molecule is CNC(=O)CN1C(=O)Cc2ncc(-c3ccc(F)cc3OC)cc21. The Balaban J connectivity index is 2.03. The van der Waals surface area contributed by atoms with Crippen LogP contribution in [0.15, 0.2) is 30.5 Å². The number of hydrogen-bond acceptors (Lipinski definition) is 4. The maximum absolute atomic E-state index is 13.4. The average molecular weight is 329 g/mol. The molecule has 0 fully saturated rings. The summed E-state index contributed by atoms with van der Waals surface area (Å²) in [5.74, 6) is -0.467. The van der Waals surface area contributed by atoms with Crippen molar-refractivity contribution in [2.24, 2.45) is 0 Å². The fraction of sp³-hybridized carbons (Fsp3) is 0.235. The van der Waals surface area contributed by atoms with Crippen molar-refractivity contribution in [3.05, 3.63) is 42.0 Å². The number of carbonyl (C=O) groups is 2. The van der Waals surface area contributed by atoms with E-state index in [0.29, 0.717) is 28.3 Å². The minimum Gasteiger partial charge on any atom is -0.496 e. The number of rotatable bonds is 4. The fourth-order valence-corrected chi connectivity index (χ4v) is 2.67. The summed E-state index contributed by atoms with van der Waals surface area (Å²) >= 11 is 0. The van der Waals surface area contributed by atoms with Gasteiger partial charge in [-0.1, -0.05) is 0 Å². The van der Waals surface area contributed by atoms with E-state index in [1.807, 2.05) is 0 Å². The Kier molecular flexibility index (Phi) is 4.16. The Labute approximate surface area is 138 Å². The second-order valence-electron chi connectivity index (χ2n) is 5.36. The lowest BCUT2D eigenvalue weighted by Gasteiger charge is -2.17. The summed E-state index contributed by atoms with van der Waals surface area (Å²) in [5.41, 5.74) is 2.55. The van der Waals surface area contributed by atoms with Crippen LogP contribution in [0.1, 0.15) is 5.69 Å². The third kappa shape index (κ3) is 2.80. The third-order valence-electron chi connectivity index (χ3n) is 3.91. The number of pyridine rings is 1. The van der Waals surface area contributed by atoms with E-state index in [1.54, 1.807) is 18.3 Å². The largest absolute Gasteiger partial charge is 0.496 e. The van der Waals surface area contributed by atoms with Crippen molar-refractivity contribution in [2.75, 3.05) is 25.6 Å². The van der Waals surface area contributed by atoms with Crippen molar-refractivity contribution in [1.29, 1.82) is 0 Å². The van der Waals surface area contributed by atoms with Gasteiger partial charge < -0.3 is 15.0 Å². The van der Waals surface area contributed by atoms with E-state index in [4.69, 9.17) is 4.74 Å². The van der Waals surface area contributed by atoms with Crippen molar-refractivity contribution in [1.82, 2.24) is 10.3 Å². The number of methoxy groups -OCH3 is 1. The fourth-order valence-electron chi connectivity index (χ4n) is 2.67. The van der Waals surface area contributed by atoms with Gasteiger partial charge >= 0.3 is 0 Å². The molecule has 1 aromatic carbocycles. The molecule has 1 aromatic heterocycles. The molecule has 0 radical (unpaired) electrons. The number of fused-ring (bicyclic) bond motifs is 1. The third-order valence-corrected chi connectivity index (χ3v) is 3.91. The first-order valence-electron chi connectivity index (χ1n) is 7.37. The molecule has 2 aromatic rings. The number of ether oxygens (including phenoxy) is 1. The number of nitrogens with zero attached hydrogens (tertiary/aromatic N) is 2. The number of amides is 2. The van der Waals surface area contributed by atoms with Crippen LogP contribution in [0.2, 0.25) is 0 Å². The zero-order valence-electron chi connectivity index (χ0n) is 13.3. The maximum atomic E-state index is 13.4. The Hall–Kier alpha value is -2.96. The van der Waals surface area contributed by atoms with Crippen LogP contribution in [0.5, 0.6) is 5.75 Å². The number of likely N-dealkylation sites (N-methyl/N-ethyl adjacent to an activating group) is 1. The molecule has 1 aliphatic rings. The van der Waals surface area contributed by atoms with E-state index in [1.165, 1.54) is 31.2 Å². The Morgan fingerprint density at radius 2 is 2.21 bits per heavy atom. The molecule has 1 N–H and O–H groups in total. The minimum atomic E-state index is -0.402. The highest BCUT2D eigenvalue weighted by Crippen LogP contribution is 2.35. The van der Waals surface area contributed by atoms with Gasteiger partial charge in [0, 0.05) is 30.4 Å². The van der Waals surface area contributed by atoms with Gasteiger partial charge in [-0.3, -0.25) is 14.6 Å². The molecule has 2 heterocycles. The van der Waals surface area contributed by atoms with E-state index < -0.39 is 5.82 Å². The first-order chi connectivity index (χ1) is 11.5. The van der Waals surface area contributed by atoms with Crippen LogP contribution in [-0.4, -0.2) is 37.5 Å². The number of nitrogens with one attached hydrogen (secondary N) is 1. The van der Waals surface area contributed by atoms with Crippen molar-refractivity contribution in [3.63, 3.8) is 0 Å². The molecule has 3 rings (SSSR count). The Morgan fingerprint density at radius 1 is 1.42 bits per heavy atom. The smallest absolute Gasteiger partial charge is 0.239 e. The summed E-state index contributed by atoms with van der Waals surface area (Å²) in [7, 11) is 2.97. The number of carbonyl (C=O) groups excluding carboxylic acids is 2. The van der Waals surface area contributed by atoms with E-state index >= 15 is 0 Å². The number of benzene rings is 1. The summed E-state index contributed by atoms with van der Waals surface area (Å²) in [5, 5.41) is 2.50. The minimum absolute atomic E-state index is 0.0615. The van der Waals surface area contributed by atoms with E-state index in [0.717, 1.165) is 0 Å². The van der Waals surface area contributed by atoms with Gasteiger partial charge in [0.2, 0.25) is 11.8 Å². The van der Waals surface area contributed by atoms with Gasteiger partial charge in [0.15, 0.2) is 0 Å². The second-order valence-corrected chi connectivity index (χ2v) is 5.36. The van der Waals surface area contributed by atoms with Gasteiger partial charge in [0.05, 0.1) is 24.9 Å². The van der Waals surface area contributed by atoms with Crippen LogP contribution in [0.3, 0.4) is 0 Å². The summed E-state index contributed by atoms with van der Waals surface area (Å²) in [6, 6.07) is 5.98. The standard InChI is InChI=1S/C17H16FN3O3/c1-19-16(22)9-21-14-5-10(8-20-13(14)7-17(21)23)12-4-3-11(18)6-15(12)24-2/h3-6,8H,7,9H2,1-2H3,(H,19,22). The van der Waals surface area contributed by atoms with Crippen LogP contribution < -0.4 is 15.0 Å². The van der Waals surface area contributed by atoms with Crippen molar-refractivity contribution < 1.29 is 18.7 Å². The highest BCUT2D eigenvalue weighted by atomic mass is 19.1. The molecule has 0 saturated heterocycles. The molecule has 0 bridgehead atoms. The lowest BCUT2D eigenvalue weighted by Crippen LogP contribution is -2.37. The van der Waals surface area contributed by atoms with Gasteiger partial charge in [0.1, 0.15) is 18.1 Å². The van der Waals surface area contributed by atoms with Gasteiger partial charge in [-0.2, -0.15) is 0 Å². The molecular formula is C17H16FN3O3. The van der Waals surface area contributed by atoms with Crippen LogP contribution >= 0.6 is 0 Å². The quantitative estimate of drug-likeness (QED) is 0.923. The normalized spacial score (nSPS) is 13.0. The highest BCUT2D eigenvalue weighted by molar-refractivity contribution is 6.05. The molecular weight excluding hydrogens is 313 g/mol. The zero-order valence-corrected chi connectivity index (χ0v) is 13.3. The topological polar surface area (TPSA) is 71.5 Å². The zero-order chi connectivity index (χ0) is 17.3. The summed E-state index contributed by atoms with van der Waals surface area (Å²) in [6.07, 6.45) is 1.78. The number of anilines is 1. The Morgan fingerprint density at radius 3 is 2.92 bits per heavy atom. The molecule has 124 valence electrons. The Bertz CT molecular complexity index is 823. The number of hydrogen-bond donors (Lipinski definition) is 1. The van der Waals surface area contributed by atoms with Crippen molar-refractivity contribution in [3.8, 4) is 16.9 Å². The molecule has 7 heteroatoms. The predicted molar refractivity (Wildman–Crippen MR) is 86.3 cm³/mol. The molecule has 6 nitrogen and oxygen atoms in total. The molecule has 0 atom stereocenters. The highest BCUT2D eigenvalue weighted by Gasteiger charge is 2.30. The van der Waals surface area contributed by atoms with Crippen molar-refractivity contribution in [2.45, 2.75) is 6.42 Å². The molecule has 2 amide bonds. The molecule has 1 aliphatic heterocycles. The number of aromatic nitrogens is 1. The van der Waals surface area contributed by atoms with Crippen LogP contribution in [0.25, 0.3) is 11.1 Å².